The van der Waals surface area contributed by atoms with Crippen molar-refractivity contribution in [1.29, 1.82) is 0 Å². The largest absolute Gasteiger partial charge is 0.378 e. The van der Waals surface area contributed by atoms with Crippen molar-refractivity contribution in [3.05, 3.63) is 59.4 Å². The van der Waals surface area contributed by atoms with Crippen molar-refractivity contribution in [3.8, 4) is 0 Å². The van der Waals surface area contributed by atoms with Crippen molar-refractivity contribution in [2.75, 3.05) is 44.3 Å². The maximum Gasteiger partial charge on any atom is 0.253 e. The lowest BCUT2D eigenvalue weighted by Gasteiger charge is -2.30. The molecule has 31 heavy (non-hydrogen) atoms. The first-order chi connectivity index (χ1) is 14.9. The van der Waals surface area contributed by atoms with Crippen molar-refractivity contribution >= 4 is 21.6 Å². The zero-order valence-electron chi connectivity index (χ0n) is 17.8. The van der Waals surface area contributed by atoms with Gasteiger partial charge in [0.1, 0.15) is 5.82 Å². The molecular formula is C22H28FN3O4S. The first-order valence-corrected chi connectivity index (χ1v) is 11.8. The van der Waals surface area contributed by atoms with Crippen LogP contribution in [0.2, 0.25) is 0 Å². The Balaban J connectivity index is 1.95. The molecule has 1 amide bonds. The summed E-state index contributed by atoms with van der Waals surface area (Å²) >= 11 is 0. The van der Waals surface area contributed by atoms with Crippen molar-refractivity contribution in [1.82, 2.24) is 9.62 Å². The molecule has 1 aliphatic rings. The van der Waals surface area contributed by atoms with Crippen LogP contribution in [0.5, 0.6) is 0 Å². The SMILES string of the molecule is CCN(CC)S(=O)(=O)c1ccc(N2CCOCC2)c(C(=O)NCc2ccccc2F)c1. The van der Waals surface area contributed by atoms with Crippen LogP contribution < -0.4 is 10.2 Å². The number of hydrogen-bond acceptors (Lipinski definition) is 5. The molecular weight excluding hydrogens is 421 g/mol. The molecule has 2 aromatic rings. The molecule has 0 saturated carbocycles. The third kappa shape index (κ3) is 5.23. The van der Waals surface area contributed by atoms with Crippen LogP contribution in [-0.4, -0.2) is 58.0 Å². The van der Waals surface area contributed by atoms with Gasteiger partial charge in [-0.1, -0.05) is 32.0 Å². The summed E-state index contributed by atoms with van der Waals surface area (Å²) in [6.07, 6.45) is 0. The number of sulfonamides is 1. The van der Waals surface area contributed by atoms with Gasteiger partial charge in [0.15, 0.2) is 0 Å². The third-order valence-electron chi connectivity index (χ3n) is 5.30. The van der Waals surface area contributed by atoms with E-state index in [1.807, 2.05) is 4.90 Å². The van der Waals surface area contributed by atoms with E-state index in [9.17, 15) is 17.6 Å². The number of benzene rings is 2. The van der Waals surface area contributed by atoms with Crippen molar-refractivity contribution in [2.24, 2.45) is 0 Å². The van der Waals surface area contributed by atoms with Crippen LogP contribution in [0, 0.1) is 5.82 Å². The number of carbonyl (C=O) groups is 1. The molecule has 0 spiro atoms. The number of rotatable bonds is 8. The highest BCUT2D eigenvalue weighted by Gasteiger charge is 2.26. The van der Waals surface area contributed by atoms with Gasteiger partial charge in [0, 0.05) is 44.0 Å². The van der Waals surface area contributed by atoms with Gasteiger partial charge in [0.05, 0.1) is 23.7 Å². The number of amides is 1. The third-order valence-corrected chi connectivity index (χ3v) is 7.35. The summed E-state index contributed by atoms with van der Waals surface area (Å²) < 4.78 is 46.7. The summed E-state index contributed by atoms with van der Waals surface area (Å²) in [5.74, 6) is -0.865. The molecule has 2 aromatic carbocycles. The van der Waals surface area contributed by atoms with E-state index < -0.39 is 21.7 Å². The fourth-order valence-electron chi connectivity index (χ4n) is 3.56. The molecule has 0 radical (unpaired) electrons. The van der Waals surface area contributed by atoms with Gasteiger partial charge in [-0.15, -0.1) is 0 Å². The molecule has 0 aromatic heterocycles. The molecule has 0 atom stereocenters. The topological polar surface area (TPSA) is 79.0 Å². The number of nitrogens with one attached hydrogen (secondary N) is 1. The van der Waals surface area contributed by atoms with E-state index in [2.05, 4.69) is 5.32 Å². The van der Waals surface area contributed by atoms with Crippen LogP contribution in [0.4, 0.5) is 10.1 Å². The van der Waals surface area contributed by atoms with Gasteiger partial charge in [-0.2, -0.15) is 4.31 Å². The Morgan fingerprint density at radius 3 is 2.45 bits per heavy atom. The van der Waals surface area contributed by atoms with E-state index in [1.54, 1.807) is 38.1 Å². The molecule has 1 heterocycles. The quantitative estimate of drug-likeness (QED) is 0.670. The average molecular weight is 450 g/mol. The molecule has 3 rings (SSSR count). The zero-order chi connectivity index (χ0) is 22.4. The van der Waals surface area contributed by atoms with Gasteiger partial charge in [-0.05, 0) is 24.3 Å². The lowest BCUT2D eigenvalue weighted by Crippen LogP contribution is -2.38. The number of anilines is 1. The Kier molecular flexibility index (Phi) is 7.64. The van der Waals surface area contributed by atoms with E-state index in [-0.39, 0.29) is 17.0 Å². The minimum absolute atomic E-state index is 0.00107. The monoisotopic (exact) mass is 449 g/mol. The van der Waals surface area contributed by atoms with Crippen LogP contribution in [0.1, 0.15) is 29.8 Å². The van der Waals surface area contributed by atoms with Crippen LogP contribution >= 0.6 is 0 Å². The highest BCUT2D eigenvalue weighted by Crippen LogP contribution is 2.27. The van der Waals surface area contributed by atoms with Gasteiger partial charge in [0.25, 0.3) is 5.91 Å². The first-order valence-electron chi connectivity index (χ1n) is 10.4. The van der Waals surface area contributed by atoms with Crippen LogP contribution in [-0.2, 0) is 21.3 Å². The van der Waals surface area contributed by atoms with Crippen LogP contribution in [0.3, 0.4) is 0 Å². The molecule has 1 aliphatic heterocycles. The van der Waals surface area contributed by atoms with Gasteiger partial charge in [-0.25, -0.2) is 12.8 Å². The average Bonchev–Trinajstić information content (AvgIpc) is 2.79. The number of ether oxygens (including phenoxy) is 1. The maximum absolute atomic E-state index is 13.9. The minimum Gasteiger partial charge on any atom is -0.378 e. The maximum atomic E-state index is 13.9. The number of nitrogens with zero attached hydrogens (tertiary/aromatic N) is 2. The Labute approximate surface area is 182 Å². The highest BCUT2D eigenvalue weighted by atomic mass is 32.2. The molecule has 1 N–H and O–H groups in total. The summed E-state index contributed by atoms with van der Waals surface area (Å²) in [5.41, 5.74) is 1.23. The fourth-order valence-corrected chi connectivity index (χ4v) is 5.05. The number of halogens is 1. The lowest BCUT2D eigenvalue weighted by molar-refractivity contribution is 0.0949. The second kappa shape index (κ2) is 10.2. The zero-order valence-corrected chi connectivity index (χ0v) is 18.6. The second-order valence-corrected chi connectivity index (χ2v) is 9.08. The molecule has 9 heteroatoms. The Morgan fingerprint density at radius 1 is 1.13 bits per heavy atom. The number of hydrogen-bond donors (Lipinski definition) is 1. The van der Waals surface area contributed by atoms with Crippen LogP contribution in [0.25, 0.3) is 0 Å². The van der Waals surface area contributed by atoms with Gasteiger partial charge in [-0.3, -0.25) is 4.79 Å². The summed E-state index contributed by atoms with van der Waals surface area (Å²) in [7, 11) is -3.73. The van der Waals surface area contributed by atoms with Crippen molar-refractivity contribution in [3.63, 3.8) is 0 Å². The van der Waals surface area contributed by atoms with Gasteiger partial charge in [0.2, 0.25) is 10.0 Å². The lowest BCUT2D eigenvalue weighted by atomic mass is 10.1. The standard InChI is InChI=1S/C22H28FN3O4S/c1-3-26(4-2)31(28,29)18-9-10-21(25-11-13-30-14-12-25)19(15-18)22(27)24-16-17-7-5-6-8-20(17)23/h5-10,15H,3-4,11-14,16H2,1-2H3,(H,24,27). The molecule has 168 valence electrons. The van der Waals surface area contributed by atoms with Crippen molar-refractivity contribution < 1.29 is 22.3 Å². The molecule has 0 bridgehead atoms. The van der Waals surface area contributed by atoms with E-state index >= 15 is 0 Å². The van der Waals surface area contributed by atoms with E-state index in [0.717, 1.165) is 0 Å². The van der Waals surface area contributed by atoms with Crippen LogP contribution in [0.15, 0.2) is 47.4 Å². The summed E-state index contributed by atoms with van der Waals surface area (Å²) in [5, 5.41) is 2.73. The summed E-state index contributed by atoms with van der Waals surface area (Å²) in [4.78, 5) is 15.1. The summed E-state index contributed by atoms with van der Waals surface area (Å²) in [6.45, 7) is 6.44. The fraction of sp³-hybridized carbons (Fsp3) is 0.409. The van der Waals surface area contributed by atoms with Crippen molar-refractivity contribution in [2.45, 2.75) is 25.3 Å². The summed E-state index contributed by atoms with van der Waals surface area (Å²) in [6, 6.07) is 10.8. The van der Waals surface area contributed by atoms with E-state index in [0.29, 0.717) is 50.6 Å². The minimum atomic E-state index is -3.73. The predicted octanol–water partition coefficient (Wildman–Crippen LogP) is 2.62. The molecule has 7 nitrogen and oxygen atoms in total. The predicted molar refractivity (Wildman–Crippen MR) is 117 cm³/mol. The Hall–Kier alpha value is -2.49. The normalized spacial score (nSPS) is 14.6. The van der Waals surface area contributed by atoms with Gasteiger partial charge < -0.3 is 15.0 Å². The number of morpholine rings is 1. The first kappa shape index (κ1) is 23.2. The smallest absolute Gasteiger partial charge is 0.253 e. The molecule has 1 fully saturated rings. The Bertz CT molecular complexity index is 1020. The highest BCUT2D eigenvalue weighted by molar-refractivity contribution is 7.89. The molecule has 0 aliphatic carbocycles. The van der Waals surface area contributed by atoms with Gasteiger partial charge >= 0.3 is 0 Å². The second-order valence-electron chi connectivity index (χ2n) is 7.14. The Morgan fingerprint density at radius 2 is 1.81 bits per heavy atom. The molecule has 0 unspecified atom stereocenters. The number of carbonyl (C=O) groups excluding carboxylic acids is 1. The van der Waals surface area contributed by atoms with E-state index in [1.165, 1.54) is 22.5 Å². The molecule has 1 saturated heterocycles. The van der Waals surface area contributed by atoms with E-state index in [4.69, 9.17) is 4.74 Å².